The van der Waals surface area contributed by atoms with Gasteiger partial charge < -0.3 is 9.84 Å². The molecule has 0 bridgehead atoms. The number of aliphatic hydroxyl groups is 1. The average molecular weight is 224 g/mol. The summed E-state index contributed by atoms with van der Waals surface area (Å²) in [5, 5.41) is 9.14. The monoisotopic (exact) mass is 224 g/mol. The van der Waals surface area contributed by atoms with Crippen molar-refractivity contribution in [3.8, 4) is 0 Å². The predicted octanol–water partition coefficient (Wildman–Crippen LogP) is 1.93. The smallest absolute Gasteiger partial charge is 0.0727 e. The van der Waals surface area contributed by atoms with Gasteiger partial charge in [-0.05, 0) is 5.56 Å². The minimum absolute atomic E-state index is 0.222. The Kier molecular flexibility index (Phi) is 4.06. The van der Waals surface area contributed by atoms with E-state index in [-0.39, 0.29) is 12.7 Å². The minimum Gasteiger partial charge on any atom is -0.396 e. The summed E-state index contributed by atoms with van der Waals surface area (Å²) in [5.41, 5.74) is 1.20. The molecule has 1 aromatic carbocycles. The van der Waals surface area contributed by atoms with Gasteiger partial charge in [0.1, 0.15) is 0 Å². The van der Waals surface area contributed by atoms with Gasteiger partial charge in [-0.15, -0.1) is 0 Å². The fourth-order valence-corrected chi connectivity index (χ4v) is 3.07. The van der Waals surface area contributed by atoms with Crippen molar-refractivity contribution in [2.24, 2.45) is 5.92 Å². The van der Waals surface area contributed by atoms with Gasteiger partial charge in [0, 0.05) is 24.0 Å². The van der Waals surface area contributed by atoms with Crippen molar-refractivity contribution >= 4 is 11.8 Å². The molecule has 3 heteroatoms. The molecule has 1 heterocycles. The van der Waals surface area contributed by atoms with Gasteiger partial charge >= 0.3 is 0 Å². The molecule has 2 nitrogen and oxygen atoms in total. The summed E-state index contributed by atoms with van der Waals surface area (Å²) < 4.78 is 5.81. The Morgan fingerprint density at radius 1 is 1.27 bits per heavy atom. The number of aliphatic hydroxyl groups excluding tert-OH is 1. The number of thioether (sulfide) groups is 1. The number of hydrogen-bond donors (Lipinski definition) is 1. The van der Waals surface area contributed by atoms with Gasteiger partial charge in [0.2, 0.25) is 0 Å². The first-order chi connectivity index (χ1) is 7.40. The van der Waals surface area contributed by atoms with E-state index in [2.05, 4.69) is 12.1 Å². The first kappa shape index (κ1) is 11.0. The van der Waals surface area contributed by atoms with Crippen LogP contribution in [0.2, 0.25) is 0 Å². The standard InChI is InChI=1S/C12H16O2S/c13-6-11-8-15-9-12(11)14-7-10-4-2-1-3-5-10/h1-5,11-13H,6-9H2/t11-,12-/m1/s1. The van der Waals surface area contributed by atoms with Crippen LogP contribution in [0.3, 0.4) is 0 Å². The first-order valence-electron chi connectivity index (χ1n) is 5.24. The van der Waals surface area contributed by atoms with E-state index in [4.69, 9.17) is 9.84 Å². The maximum atomic E-state index is 9.14. The lowest BCUT2D eigenvalue weighted by Gasteiger charge is -2.17. The molecule has 0 radical (unpaired) electrons. The van der Waals surface area contributed by atoms with Crippen LogP contribution in [0.15, 0.2) is 30.3 Å². The molecule has 0 aliphatic carbocycles. The largest absolute Gasteiger partial charge is 0.396 e. The lowest BCUT2D eigenvalue weighted by atomic mass is 10.1. The van der Waals surface area contributed by atoms with E-state index >= 15 is 0 Å². The van der Waals surface area contributed by atoms with Crippen LogP contribution in [0.5, 0.6) is 0 Å². The summed E-state index contributed by atoms with van der Waals surface area (Å²) in [6.45, 7) is 0.898. The highest BCUT2D eigenvalue weighted by atomic mass is 32.2. The van der Waals surface area contributed by atoms with Crippen LogP contribution < -0.4 is 0 Å². The van der Waals surface area contributed by atoms with Crippen molar-refractivity contribution in [1.82, 2.24) is 0 Å². The molecular formula is C12H16O2S. The van der Waals surface area contributed by atoms with Crippen LogP contribution in [0.25, 0.3) is 0 Å². The summed E-state index contributed by atoms with van der Waals surface area (Å²) in [6.07, 6.45) is 0.222. The molecule has 15 heavy (non-hydrogen) atoms. The Hall–Kier alpha value is -0.510. The third kappa shape index (κ3) is 2.97. The number of rotatable bonds is 4. The van der Waals surface area contributed by atoms with E-state index < -0.39 is 0 Å². The van der Waals surface area contributed by atoms with Crippen molar-refractivity contribution < 1.29 is 9.84 Å². The van der Waals surface area contributed by atoms with E-state index in [1.54, 1.807) is 0 Å². The highest BCUT2D eigenvalue weighted by Gasteiger charge is 2.27. The van der Waals surface area contributed by atoms with Crippen molar-refractivity contribution in [1.29, 1.82) is 0 Å². The summed E-state index contributed by atoms with van der Waals surface area (Å²) in [7, 11) is 0. The number of ether oxygens (including phenoxy) is 1. The van der Waals surface area contributed by atoms with E-state index in [9.17, 15) is 0 Å². The van der Waals surface area contributed by atoms with Gasteiger partial charge in [0.05, 0.1) is 12.7 Å². The highest BCUT2D eigenvalue weighted by molar-refractivity contribution is 7.99. The molecule has 2 rings (SSSR count). The Labute approximate surface area is 94.6 Å². The zero-order valence-electron chi connectivity index (χ0n) is 8.63. The van der Waals surface area contributed by atoms with Crippen LogP contribution in [0, 0.1) is 5.92 Å². The van der Waals surface area contributed by atoms with Gasteiger partial charge in [-0.1, -0.05) is 30.3 Å². The maximum Gasteiger partial charge on any atom is 0.0727 e. The molecule has 1 N–H and O–H groups in total. The summed E-state index contributed by atoms with van der Waals surface area (Å²) >= 11 is 1.87. The van der Waals surface area contributed by atoms with Crippen molar-refractivity contribution in [3.63, 3.8) is 0 Å². The van der Waals surface area contributed by atoms with Gasteiger partial charge in [0.15, 0.2) is 0 Å². The first-order valence-corrected chi connectivity index (χ1v) is 6.39. The van der Waals surface area contributed by atoms with E-state index in [0.717, 1.165) is 11.5 Å². The molecule has 0 spiro atoms. The maximum absolute atomic E-state index is 9.14. The highest BCUT2D eigenvalue weighted by Crippen LogP contribution is 2.26. The quantitative estimate of drug-likeness (QED) is 0.847. The average Bonchev–Trinajstić information content (AvgIpc) is 2.75. The van der Waals surface area contributed by atoms with Crippen LogP contribution >= 0.6 is 11.8 Å². The lowest BCUT2D eigenvalue weighted by Crippen LogP contribution is -2.24. The van der Waals surface area contributed by atoms with Crippen LogP contribution in [0.4, 0.5) is 0 Å². The second-order valence-electron chi connectivity index (χ2n) is 3.82. The molecule has 1 aliphatic heterocycles. The van der Waals surface area contributed by atoms with E-state index in [0.29, 0.717) is 12.5 Å². The Morgan fingerprint density at radius 2 is 2.07 bits per heavy atom. The molecule has 82 valence electrons. The van der Waals surface area contributed by atoms with Gasteiger partial charge in [0.25, 0.3) is 0 Å². The fourth-order valence-electron chi connectivity index (χ4n) is 1.71. The predicted molar refractivity (Wildman–Crippen MR) is 62.9 cm³/mol. The second-order valence-corrected chi connectivity index (χ2v) is 4.89. The molecule has 2 atom stereocenters. The van der Waals surface area contributed by atoms with Crippen molar-refractivity contribution in [3.05, 3.63) is 35.9 Å². The van der Waals surface area contributed by atoms with Crippen molar-refractivity contribution in [2.45, 2.75) is 12.7 Å². The van der Waals surface area contributed by atoms with Gasteiger partial charge in [-0.2, -0.15) is 11.8 Å². The Morgan fingerprint density at radius 3 is 2.80 bits per heavy atom. The zero-order chi connectivity index (χ0) is 10.5. The number of hydrogen-bond acceptors (Lipinski definition) is 3. The van der Waals surface area contributed by atoms with Crippen molar-refractivity contribution in [2.75, 3.05) is 18.1 Å². The molecule has 0 amide bonds. The third-order valence-corrected chi connectivity index (χ3v) is 3.91. The Bertz CT molecular complexity index is 289. The fraction of sp³-hybridized carbons (Fsp3) is 0.500. The van der Waals surface area contributed by atoms with Crippen LogP contribution in [0.1, 0.15) is 5.56 Å². The minimum atomic E-state index is 0.222. The molecule has 0 unspecified atom stereocenters. The van der Waals surface area contributed by atoms with E-state index in [1.807, 2.05) is 30.0 Å². The van der Waals surface area contributed by atoms with E-state index in [1.165, 1.54) is 5.56 Å². The molecule has 0 saturated carbocycles. The topological polar surface area (TPSA) is 29.5 Å². The summed E-state index contributed by atoms with van der Waals surface area (Å²) in [6, 6.07) is 10.2. The molecule has 1 fully saturated rings. The molecule has 1 aliphatic rings. The molecule has 0 aromatic heterocycles. The third-order valence-electron chi connectivity index (χ3n) is 2.68. The lowest BCUT2D eigenvalue weighted by molar-refractivity contribution is 0.0112. The molecule has 1 aromatic rings. The molecular weight excluding hydrogens is 208 g/mol. The molecule has 1 saturated heterocycles. The van der Waals surface area contributed by atoms with Crippen LogP contribution in [-0.4, -0.2) is 29.3 Å². The SMILES string of the molecule is OC[C@@H]1CSC[C@H]1OCc1ccccc1. The van der Waals surface area contributed by atoms with Gasteiger partial charge in [-0.25, -0.2) is 0 Å². The zero-order valence-corrected chi connectivity index (χ0v) is 9.45. The summed E-state index contributed by atoms with van der Waals surface area (Å²) in [5.74, 6) is 2.35. The Balaban J connectivity index is 1.83. The number of benzene rings is 1. The second kappa shape index (κ2) is 5.54. The normalized spacial score (nSPS) is 25.7. The summed E-state index contributed by atoms with van der Waals surface area (Å²) in [4.78, 5) is 0. The van der Waals surface area contributed by atoms with Crippen LogP contribution in [-0.2, 0) is 11.3 Å². The van der Waals surface area contributed by atoms with Gasteiger partial charge in [-0.3, -0.25) is 0 Å².